The summed E-state index contributed by atoms with van der Waals surface area (Å²) < 4.78 is 33.3. The van der Waals surface area contributed by atoms with Crippen molar-refractivity contribution >= 4 is 16.7 Å². The topological polar surface area (TPSA) is 72.5 Å². The second-order valence-corrected chi connectivity index (χ2v) is 8.08. The first-order valence-electron chi connectivity index (χ1n) is 11.7. The van der Waals surface area contributed by atoms with Gasteiger partial charge < -0.3 is 28.4 Å². The molecule has 0 N–H and O–H groups in total. The fraction of sp³-hybridized carbons (Fsp3) is 0.393. The van der Waals surface area contributed by atoms with Crippen LogP contribution < -0.4 is 23.7 Å². The molecule has 3 rings (SSSR count). The molecule has 1 atom stereocenters. The predicted octanol–water partition coefficient (Wildman–Crippen LogP) is 6.36. The molecule has 7 heteroatoms. The van der Waals surface area contributed by atoms with E-state index in [4.69, 9.17) is 28.4 Å². The number of hydrogen-bond donors (Lipinski definition) is 0. The third kappa shape index (κ3) is 5.73. The first-order valence-corrected chi connectivity index (χ1v) is 11.7. The van der Waals surface area contributed by atoms with E-state index in [1.165, 1.54) is 21.3 Å². The number of methoxy groups -OCH3 is 5. The van der Waals surface area contributed by atoms with Crippen LogP contribution in [0.4, 0.5) is 0 Å². The maximum absolute atomic E-state index is 13.3. The molecule has 0 aliphatic carbocycles. The van der Waals surface area contributed by atoms with E-state index in [9.17, 15) is 4.79 Å². The molecule has 7 nitrogen and oxygen atoms in total. The predicted molar refractivity (Wildman–Crippen MR) is 135 cm³/mol. The van der Waals surface area contributed by atoms with Crippen LogP contribution in [-0.4, -0.2) is 41.5 Å². The van der Waals surface area contributed by atoms with Gasteiger partial charge in [0.2, 0.25) is 5.75 Å². The SMILES string of the molecule is CCCCCC(OC(=O)c1cc(OC)c(OC)c(OC)c1)c1ccc2c(OC)ccc(OC)c2c1. The summed E-state index contributed by atoms with van der Waals surface area (Å²) in [5.41, 5.74) is 1.21. The molecule has 0 bridgehead atoms. The number of benzene rings is 3. The second kappa shape index (κ2) is 12.2. The number of unbranched alkanes of at least 4 members (excludes halogenated alkanes) is 2. The molecule has 35 heavy (non-hydrogen) atoms. The van der Waals surface area contributed by atoms with E-state index in [1.54, 1.807) is 26.4 Å². The van der Waals surface area contributed by atoms with E-state index in [0.29, 0.717) is 29.2 Å². The molecule has 0 heterocycles. The zero-order valence-corrected chi connectivity index (χ0v) is 21.3. The molecule has 0 aromatic heterocycles. The molecule has 0 spiro atoms. The van der Waals surface area contributed by atoms with Crippen molar-refractivity contribution in [3.63, 3.8) is 0 Å². The van der Waals surface area contributed by atoms with Gasteiger partial charge in [0.1, 0.15) is 17.6 Å². The summed E-state index contributed by atoms with van der Waals surface area (Å²) in [4.78, 5) is 13.3. The normalized spacial score (nSPS) is 11.6. The molecular weight excluding hydrogens is 448 g/mol. The summed E-state index contributed by atoms with van der Waals surface area (Å²) in [5.74, 6) is 2.22. The molecule has 0 radical (unpaired) electrons. The minimum absolute atomic E-state index is 0.319. The Morgan fingerprint density at radius 3 is 1.86 bits per heavy atom. The van der Waals surface area contributed by atoms with Gasteiger partial charge in [-0.05, 0) is 48.7 Å². The van der Waals surface area contributed by atoms with Crippen molar-refractivity contribution in [1.29, 1.82) is 0 Å². The summed E-state index contributed by atoms with van der Waals surface area (Å²) in [7, 11) is 7.82. The molecule has 0 aliphatic rings. The average molecular weight is 483 g/mol. The lowest BCUT2D eigenvalue weighted by Gasteiger charge is -2.21. The number of rotatable bonds is 12. The Morgan fingerprint density at radius 2 is 1.31 bits per heavy atom. The van der Waals surface area contributed by atoms with Gasteiger partial charge in [0, 0.05) is 10.8 Å². The summed E-state index contributed by atoms with van der Waals surface area (Å²) in [6.45, 7) is 2.14. The number of hydrogen-bond acceptors (Lipinski definition) is 7. The molecule has 0 saturated heterocycles. The van der Waals surface area contributed by atoms with Gasteiger partial charge in [-0.1, -0.05) is 31.9 Å². The Kier molecular flexibility index (Phi) is 9.06. The van der Waals surface area contributed by atoms with Gasteiger partial charge in [0.05, 0.1) is 41.1 Å². The van der Waals surface area contributed by atoms with Gasteiger partial charge in [-0.15, -0.1) is 0 Å². The zero-order chi connectivity index (χ0) is 25.4. The molecular formula is C28H34O7. The van der Waals surface area contributed by atoms with Crippen molar-refractivity contribution in [1.82, 2.24) is 0 Å². The molecule has 0 saturated carbocycles. The lowest BCUT2D eigenvalue weighted by Crippen LogP contribution is -2.13. The third-order valence-electron chi connectivity index (χ3n) is 5.99. The molecule has 0 aliphatic heterocycles. The Balaban J connectivity index is 2.00. The van der Waals surface area contributed by atoms with Gasteiger partial charge in [-0.3, -0.25) is 0 Å². The quantitative estimate of drug-likeness (QED) is 0.220. The van der Waals surface area contributed by atoms with Crippen LogP contribution in [-0.2, 0) is 4.74 Å². The van der Waals surface area contributed by atoms with Crippen molar-refractivity contribution < 1.29 is 33.2 Å². The first kappa shape index (κ1) is 26.0. The molecule has 1 unspecified atom stereocenters. The highest BCUT2D eigenvalue weighted by Crippen LogP contribution is 2.40. The fourth-order valence-electron chi connectivity index (χ4n) is 4.14. The van der Waals surface area contributed by atoms with Gasteiger partial charge >= 0.3 is 5.97 Å². The van der Waals surface area contributed by atoms with Crippen LogP contribution in [0.15, 0.2) is 42.5 Å². The van der Waals surface area contributed by atoms with E-state index in [2.05, 4.69) is 6.92 Å². The molecule has 188 valence electrons. The lowest BCUT2D eigenvalue weighted by atomic mass is 9.98. The molecule has 3 aromatic carbocycles. The van der Waals surface area contributed by atoms with Crippen molar-refractivity contribution in [2.24, 2.45) is 0 Å². The van der Waals surface area contributed by atoms with E-state index < -0.39 is 12.1 Å². The smallest absolute Gasteiger partial charge is 0.339 e. The highest BCUT2D eigenvalue weighted by molar-refractivity contribution is 5.94. The van der Waals surface area contributed by atoms with Crippen molar-refractivity contribution in [2.75, 3.05) is 35.5 Å². The van der Waals surface area contributed by atoms with Crippen molar-refractivity contribution in [3.8, 4) is 28.7 Å². The van der Waals surface area contributed by atoms with Crippen LogP contribution in [0.25, 0.3) is 10.8 Å². The van der Waals surface area contributed by atoms with Crippen LogP contribution in [0, 0.1) is 0 Å². The minimum Gasteiger partial charge on any atom is -0.496 e. The van der Waals surface area contributed by atoms with Gasteiger partial charge in [-0.2, -0.15) is 0 Å². The second-order valence-electron chi connectivity index (χ2n) is 8.08. The highest BCUT2D eigenvalue weighted by atomic mass is 16.5. The lowest BCUT2D eigenvalue weighted by molar-refractivity contribution is 0.0270. The maximum Gasteiger partial charge on any atom is 0.339 e. The average Bonchev–Trinajstić information content (AvgIpc) is 2.90. The summed E-state index contributed by atoms with van der Waals surface area (Å²) in [6, 6.07) is 12.9. The van der Waals surface area contributed by atoms with Crippen LogP contribution in [0.1, 0.15) is 54.6 Å². The highest BCUT2D eigenvalue weighted by Gasteiger charge is 2.23. The molecule has 0 amide bonds. The van der Waals surface area contributed by atoms with Crippen LogP contribution >= 0.6 is 0 Å². The summed E-state index contributed by atoms with van der Waals surface area (Å²) in [6.07, 6.45) is 3.30. The van der Waals surface area contributed by atoms with E-state index in [0.717, 1.165) is 47.1 Å². The minimum atomic E-state index is -0.469. The van der Waals surface area contributed by atoms with Crippen molar-refractivity contribution in [3.05, 3.63) is 53.6 Å². The number of esters is 1. The monoisotopic (exact) mass is 482 g/mol. The third-order valence-corrected chi connectivity index (χ3v) is 5.99. The maximum atomic E-state index is 13.3. The van der Waals surface area contributed by atoms with E-state index in [-0.39, 0.29) is 0 Å². The van der Waals surface area contributed by atoms with Crippen molar-refractivity contribution in [2.45, 2.75) is 38.7 Å². The number of fused-ring (bicyclic) bond motifs is 1. The Morgan fingerprint density at radius 1 is 0.714 bits per heavy atom. The Hall–Kier alpha value is -3.61. The fourth-order valence-corrected chi connectivity index (χ4v) is 4.14. The van der Waals surface area contributed by atoms with Gasteiger partial charge in [0.25, 0.3) is 0 Å². The summed E-state index contributed by atoms with van der Waals surface area (Å²) in [5, 5.41) is 1.83. The first-order chi connectivity index (χ1) is 17.0. The standard InChI is InChI=1S/C28H34O7/c1-7-8-9-10-22(18-11-12-20-21(15-18)24(31-3)14-13-23(20)30-2)35-28(29)19-16-25(32-4)27(34-6)26(17-19)33-5/h11-17,22H,7-10H2,1-6H3. The number of ether oxygens (including phenoxy) is 6. The largest absolute Gasteiger partial charge is 0.496 e. The van der Waals surface area contributed by atoms with Gasteiger partial charge in [-0.25, -0.2) is 4.79 Å². The number of carbonyl (C=O) groups excluding carboxylic acids is 1. The van der Waals surface area contributed by atoms with Gasteiger partial charge in [0.15, 0.2) is 11.5 Å². The Labute approximate surface area is 206 Å². The number of carbonyl (C=O) groups is 1. The zero-order valence-electron chi connectivity index (χ0n) is 21.3. The van der Waals surface area contributed by atoms with E-state index in [1.807, 2.05) is 30.3 Å². The van der Waals surface area contributed by atoms with Crippen LogP contribution in [0.3, 0.4) is 0 Å². The van der Waals surface area contributed by atoms with Crippen LogP contribution in [0.5, 0.6) is 28.7 Å². The Bertz CT molecular complexity index is 1130. The van der Waals surface area contributed by atoms with E-state index >= 15 is 0 Å². The van der Waals surface area contributed by atoms with Crippen LogP contribution in [0.2, 0.25) is 0 Å². The summed E-state index contributed by atoms with van der Waals surface area (Å²) >= 11 is 0. The molecule has 3 aromatic rings. The molecule has 0 fully saturated rings.